The molecule has 3 N–H and O–H groups in total. The highest BCUT2D eigenvalue weighted by atomic mass is 14.9. The van der Waals surface area contributed by atoms with Crippen molar-refractivity contribution >= 4 is 0 Å². The molecule has 0 saturated carbocycles. The Bertz CT molecular complexity index is 154. The van der Waals surface area contributed by atoms with E-state index in [1.54, 1.807) is 0 Å². The molecule has 17 heavy (non-hydrogen) atoms. The molecular formula is C15H32N2. The molecule has 1 heterocycles. The summed E-state index contributed by atoms with van der Waals surface area (Å²) in [4.78, 5) is 0. The van der Waals surface area contributed by atoms with Crippen LogP contribution in [0.3, 0.4) is 0 Å². The van der Waals surface area contributed by atoms with Gasteiger partial charge in [-0.3, -0.25) is 0 Å². The Labute approximate surface area is 108 Å². The third kappa shape index (κ3) is 7.77. The summed E-state index contributed by atoms with van der Waals surface area (Å²) >= 11 is 0. The van der Waals surface area contributed by atoms with Gasteiger partial charge in [0.05, 0.1) is 0 Å². The van der Waals surface area contributed by atoms with Crippen LogP contribution >= 0.6 is 0 Å². The second-order valence-corrected chi connectivity index (χ2v) is 5.79. The zero-order valence-electron chi connectivity index (χ0n) is 11.7. The predicted molar refractivity (Wildman–Crippen MR) is 76.2 cm³/mol. The minimum Gasteiger partial charge on any atom is -0.328 e. The van der Waals surface area contributed by atoms with Gasteiger partial charge in [0, 0.05) is 6.04 Å². The van der Waals surface area contributed by atoms with Crippen LogP contribution in [0, 0.1) is 5.92 Å². The Morgan fingerprint density at radius 2 is 1.41 bits per heavy atom. The lowest BCUT2D eigenvalue weighted by Gasteiger charge is -2.21. The van der Waals surface area contributed by atoms with Crippen molar-refractivity contribution in [2.45, 2.75) is 77.2 Å². The monoisotopic (exact) mass is 240 g/mol. The summed E-state index contributed by atoms with van der Waals surface area (Å²) in [5.41, 5.74) is 6.06. The molecule has 1 fully saturated rings. The van der Waals surface area contributed by atoms with Gasteiger partial charge in [-0.05, 0) is 38.8 Å². The highest BCUT2D eigenvalue weighted by molar-refractivity contribution is 4.71. The van der Waals surface area contributed by atoms with Crippen LogP contribution < -0.4 is 11.1 Å². The van der Waals surface area contributed by atoms with Gasteiger partial charge in [-0.15, -0.1) is 0 Å². The fraction of sp³-hybridized carbons (Fsp3) is 1.00. The molecule has 1 rings (SSSR count). The maximum Gasteiger partial charge on any atom is 0.00508 e. The summed E-state index contributed by atoms with van der Waals surface area (Å²) in [6, 6.07) is 0.343. The number of hydrogen-bond donors (Lipinski definition) is 2. The van der Waals surface area contributed by atoms with Crippen LogP contribution in [0.1, 0.15) is 71.1 Å². The molecule has 0 aliphatic carbocycles. The van der Waals surface area contributed by atoms with Crippen molar-refractivity contribution in [1.82, 2.24) is 5.32 Å². The Morgan fingerprint density at radius 3 is 2.00 bits per heavy atom. The van der Waals surface area contributed by atoms with Gasteiger partial charge in [0.1, 0.15) is 0 Å². The number of nitrogens with one attached hydrogen (secondary N) is 1. The van der Waals surface area contributed by atoms with Crippen molar-refractivity contribution in [3.63, 3.8) is 0 Å². The van der Waals surface area contributed by atoms with Crippen molar-refractivity contribution in [2.24, 2.45) is 11.7 Å². The van der Waals surface area contributed by atoms with Gasteiger partial charge in [0.15, 0.2) is 0 Å². The fourth-order valence-electron chi connectivity index (χ4n) is 2.73. The second-order valence-electron chi connectivity index (χ2n) is 5.79. The van der Waals surface area contributed by atoms with Crippen molar-refractivity contribution in [2.75, 3.05) is 13.1 Å². The summed E-state index contributed by atoms with van der Waals surface area (Å²) in [5.74, 6) is 0.679. The lowest BCUT2D eigenvalue weighted by molar-refractivity contribution is 0.367. The van der Waals surface area contributed by atoms with E-state index in [-0.39, 0.29) is 0 Å². The molecule has 0 aromatic rings. The summed E-state index contributed by atoms with van der Waals surface area (Å²) in [6.45, 7) is 4.47. The first-order valence-electron chi connectivity index (χ1n) is 7.77. The van der Waals surface area contributed by atoms with E-state index in [4.69, 9.17) is 5.73 Å². The third-order valence-corrected chi connectivity index (χ3v) is 4.08. The summed E-state index contributed by atoms with van der Waals surface area (Å²) in [6.07, 6.45) is 14.0. The van der Waals surface area contributed by atoms with Crippen LogP contribution in [0.4, 0.5) is 0 Å². The first-order chi connectivity index (χ1) is 8.30. The highest BCUT2D eigenvalue weighted by Crippen LogP contribution is 2.15. The minimum absolute atomic E-state index is 0.343. The van der Waals surface area contributed by atoms with Crippen LogP contribution in [0.5, 0.6) is 0 Å². The van der Waals surface area contributed by atoms with E-state index >= 15 is 0 Å². The highest BCUT2D eigenvalue weighted by Gasteiger charge is 2.12. The second kappa shape index (κ2) is 9.90. The van der Waals surface area contributed by atoms with E-state index in [0.29, 0.717) is 12.0 Å². The number of hydrogen-bond acceptors (Lipinski definition) is 2. The van der Waals surface area contributed by atoms with Gasteiger partial charge in [-0.1, -0.05) is 51.4 Å². The predicted octanol–water partition coefficient (Wildman–Crippen LogP) is 3.45. The van der Waals surface area contributed by atoms with E-state index in [2.05, 4.69) is 12.2 Å². The van der Waals surface area contributed by atoms with Crippen molar-refractivity contribution in [1.29, 1.82) is 0 Å². The molecule has 2 heteroatoms. The van der Waals surface area contributed by atoms with E-state index in [9.17, 15) is 0 Å². The minimum atomic E-state index is 0.343. The van der Waals surface area contributed by atoms with Gasteiger partial charge in [-0.25, -0.2) is 0 Å². The average Bonchev–Trinajstić information content (AvgIpc) is 2.31. The van der Waals surface area contributed by atoms with Gasteiger partial charge in [0.2, 0.25) is 0 Å². The molecule has 2 unspecified atom stereocenters. The lowest BCUT2D eigenvalue weighted by atomic mass is 9.94. The summed E-state index contributed by atoms with van der Waals surface area (Å²) in [5, 5.41) is 3.59. The molecule has 1 aliphatic rings. The molecule has 0 aromatic heterocycles. The van der Waals surface area contributed by atoms with E-state index in [1.807, 2.05) is 0 Å². The Morgan fingerprint density at radius 1 is 0.882 bits per heavy atom. The fourth-order valence-corrected chi connectivity index (χ4v) is 2.73. The van der Waals surface area contributed by atoms with Crippen LogP contribution in [-0.4, -0.2) is 19.1 Å². The Kier molecular flexibility index (Phi) is 8.72. The molecule has 0 amide bonds. The molecule has 1 saturated heterocycles. The molecule has 1 aliphatic heterocycles. The Balaban J connectivity index is 2.24. The first kappa shape index (κ1) is 15.0. The zero-order valence-corrected chi connectivity index (χ0v) is 11.7. The SMILES string of the molecule is CC(N)C1CCCCCCCCCCCNC1. The van der Waals surface area contributed by atoms with Crippen LogP contribution in [-0.2, 0) is 0 Å². The molecular weight excluding hydrogens is 208 g/mol. The van der Waals surface area contributed by atoms with Gasteiger partial charge in [-0.2, -0.15) is 0 Å². The maximum atomic E-state index is 6.06. The standard InChI is InChI=1S/C15H32N2/c1-14(16)15-11-9-7-5-3-2-4-6-8-10-12-17-13-15/h14-15,17H,2-13,16H2,1H3. The van der Waals surface area contributed by atoms with Gasteiger partial charge >= 0.3 is 0 Å². The molecule has 0 spiro atoms. The Hall–Kier alpha value is -0.0800. The summed E-state index contributed by atoms with van der Waals surface area (Å²) < 4.78 is 0. The smallest absolute Gasteiger partial charge is 0.00508 e. The van der Waals surface area contributed by atoms with E-state index in [1.165, 1.54) is 70.8 Å². The van der Waals surface area contributed by atoms with Crippen LogP contribution in [0.15, 0.2) is 0 Å². The zero-order chi connectivity index (χ0) is 12.3. The van der Waals surface area contributed by atoms with Crippen molar-refractivity contribution < 1.29 is 0 Å². The largest absolute Gasteiger partial charge is 0.328 e. The molecule has 2 nitrogen and oxygen atoms in total. The van der Waals surface area contributed by atoms with Gasteiger partial charge in [0.25, 0.3) is 0 Å². The topological polar surface area (TPSA) is 38.0 Å². The summed E-state index contributed by atoms with van der Waals surface area (Å²) in [7, 11) is 0. The lowest BCUT2D eigenvalue weighted by Crippen LogP contribution is -2.35. The molecule has 0 bridgehead atoms. The number of rotatable bonds is 1. The van der Waals surface area contributed by atoms with E-state index < -0.39 is 0 Å². The quantitative estimate of drug-likeness (QED) is 0.736. The van der Waals surface area contributed by atoms with E-state index in [0.717, 1.165) is 6.54 Å². The molecule has 0 radical (unpaired) electrons. The molecule has 2 atom stereocenters. The average molecular weight is 240 g/mol. The first-order valence-corrected chi connectivity index (χ1v) is 7.77. The number of nitrogens with two attached hydrogens (primary N) is 1. The van der Waals surface area contributed by atoms with Crippen molar-refractivity contribution in [3.8, 4) is 0 Å². The van der Waals surface area contributed by atoms with Crippen LogP contribution in [0.25, 0.3) is 0 Å². The van der Waals surface area contributed by atoms with Crippen LogP contribution in [0.2, 0.25) is 0 Å². The molecule has 0 aromatic carbocycles. The molecule has 102 valence electrons. The third-order valence-electron chi connectivity index (χ3n) is 4.08. The maximum absolute atomic E-state index is 6.06. The normalized spacial score (nSPS) is 28.2. The van der Waals surface area contributed by atoms with Crippen molar-refractivity contribution in [3.05, 3.63) is 0 Å². The van der Waals surface area contributed by atoms with Gasteiger partial charge < -0.3 is 11.1 Å².